The summed E-state index contributed by atoms with van der Waals surface area (Å²) in [4.78, 5) is 21.6. The average molecular weight is 400 g/mol. The number of carbonyl (C=O) groups is 1. The summed E-state index contributed by atoms with van der Waals surface area (Å²) >= 11 is 0. The lowest BCUT2D eigenvalue weighted by atomic mass is 9.96. The topological polar surface area (TPSA) is 61.0 Å². The Morgan fingerprint density at radius 1 is 1.03 bits per heavy atom. The van der Waals surface area contributed by atoms with E-state index in [1.807, 2.05) is 0 Å². The first-order valence-electron chi connectivity index (χ1n) is 9.32. The van der Waals surface area contributed by atoms with E-state index in [1.165, 1.54) is 18.2 Å². The first-order valence-corrected chi connectivity index (χ1v) is 9.32. The van der Waals surface area contributed by atoms with Crippen LogP contribution in [0.2, 0.25) is 0 Å². The number of rotatable bonds is 3. The number of likely N-dealkylation sites (tertiary alicyclic amines) is 1. The fourth-order valence-corrected chi connectivity index (χ4v) is 3.47. The molecule has 0 aliphatic carbocycles. The Morgan fingerprint density at radius 3 is 2.52 bits per heavy atom. The number of halogens is 3. The Kier molecular flexibility index (Phi) is 5.24. The molecule has 29 heavy (non-hydrogen) atoms. The molecule has 2 aromatic carbocycles. The highest BCUT2D eigenvalue weighted by atomic mass is 19.2. The van der Waals surface area contributed by atoms with Gasteiger partial charge in [0.05, 0.1) is 17.6 Å². The molecule has 150 valence electrons. The van der Waals surface area contributed by atoms with Crippen LogP contribution in [0.25, 0.3) is 11.3 Å². The number of hydrogen-bond acceptors (Lipinski definition) is 2. The summed E-state index contributed by atoms with van der Waals surface area (Å²) in [6, 6.07) is 9.40. The Bertz CT molecular complexity index is 1030. The minimum absolute atomic E-state index is 0.117. The first kappa shape index (κ1) is 19.0. The van der Waals surface area contributed by atoms with Gasteiger partial charge < -0.3 is 15.2 Å². The zero-order chi connectivity index (χ0) is 20.4. The van der Waals surface area contributed by atoms with Crippen molar-refractivity contribution in [3.8, 4) is 11.3 Å². The second-order valence-corrected chi connectivity index (χ2v) is 6.98. The van der Waals surface area contributed by atoms with Crippen molar-refractivity contribution in [1.82, 2.24) is 14.9 Å². The van der Waals surface area contributed by atoms with Crippen LogP contribution in [-0.2, 0) is 0 Å². The molecule has 8 heteroatoms. The van der Waals surface area contributed by atoms with Gasteiger partial charge in [-0.3, -0.25) is 0 Å². The minimum Gasteiger partial charge on any atom is -0.342 e. The minimum atomic E-state index is -0.909. The maximum Gasteiger partial charge on any atom is 0.321 e. The van der Waals surface area contributed by atoms with Gasteiger partial charge >= 0.3 is 6.03 Å². The van der Waals surface area contributed by atoms with Crippen LogP contribution in [0, 0.1) is 17.5 Å². The molecular formula is C21H19F3N4O. The van der Waals surface area contributed by atoms with Crippen molar-refractivity contribution >= 4 is 11.7 Å². The van der Waals surface area contributed by atoms with E-state index in [9.17, 15) is 18.0 Å². The van der Waals surface area contributed by atoms with Crippen LogP contribution in [0.15, 0.2) is 48.7 Å². The van der Waals surface area contributed by atoms with Crippen LogP contribution >= 0.6 is 0 Å². The quantitative estimate of drug-likeness (QED) is 0.657. The molecule has 1 aromatic heterocycles. The molecule has 1 aliphatic rings. The van der Waals surface area contributed by atoms with Crippen molar-refractivity contribution in [3.63, 3.8) is 0 Å². The molecule has 0 bridgehead atoms. The highest BCUT2D eigenvalue weighted by Crippen LogP contribution is 2.29. The highest BCUT2D eigenvalue weighted by molar-refractivity contribution is 5.89. The maximum atomic E-state index is 13.7. The van der Waals surface area contributed by atoms with Crippen molar-refractivity contribution < 1.29 is 18.0 Å². The molecular weight excluding hydrogens is 381 g/mol. The molecule has 2 heterocycles. The van der Waals surface area contributed by atoms with Crippen LogP contribution in [-0.4, -0.2) is 34.0 Å². The summed E-state index contributed by atoms with van der Waals surface area (Å²) in [7, 11) is 0. The number of para-hydroxylation sites is 1. The van der Waals surface area contributed by atoms with Gasteiger partial charge in [0.1, 0.15) is 11.6 Å². The number of aromatic nitrogens is 2. The van der Waals surface area contributed by atoms with E-state index in [2.05, 4.69) is 15.3 Å². The van der Waals surface area contributed by atoms with Crippen molar-refractivity contribution in [1.29, 1.82) is 0 Å². The molecule has 0 saturated carbocycles. The zero-order valence-corrected chi connectivity index (χ0v) is 15.5. The summed E-state index contributed by atoms with van der Waals surface area (Å²) in [5.41, 5.74) is 1.28. The molecule has 5 nitrogen and oxygen atoms in total. The van der Waals surface area contributed by atoms with Gasteiger partial charge in [-0.05, 0) is 43.2 Å². The van der Waals surface area contributed by atoms with Gasteiger partial charge in [0.2, 0.25) is 0 Å². The zero-order valence-electron chi connectivity index (χ0n) is 15.5. The number of carbonyl (C=O) groups excluding carboxylic acids is 1. The number of piperidine rings is 1. The van der Waals surface area contributed by atoms with Crippen LogP contribution in [0.5, 0.6) is 0 Å². The van der Waals surface area contributed by atoms with Crippen molar-refractivity contribution in [3.05, 3.63) is 71.9 Å². The van der Waals surface area contributed by atoms with Gasteiger partial charge in [0.15, 0.2) is 11.6 Å². The second kappa shape index (κ2) is 7.98. The molecule has 1 aliphatic heterocycles. The number of anilines is 1. The Labute approximate surface area is 165 Å². The summed E-state index contributed by atoms with van der Waals surface area (Å²) in [5.74, 6) is -1.41. The molecule has 0 atom stereocenters. The number of benzene rings is 2. The average Bonchev–Trinajstić information content (AvgIpc) is 3.22. The monoisotopic (exact) mass is 400 g/mol. The van der Waals surface area contributed by atoms with E-state index in [-0.39, 0.29) is 17.6 Å². The number of nitrogens with one attached hydrogen (secondary N) is 2. The van der Waals surface area contributed by atoms with Gasteiger partial charge in [-0.15, -0.1) is 0 Å². The second-order valence-electron chi connectivity index (χ2n) is 6.98. The fraction of sp³-hybridized carbons (Fsp3) is 0.238. The van der Waals surface area contributed by atoms with E-state index in [0.717, 1.165) is 18.0 Å². The Balaban J connectivity index is 1.37. The molecule has 3 aromatic rings. The SMILES string of the molecule is O=C(Nc1ccccc1F)N1CCC(c2ncc(-c3ccc(F)c(F)c3)[nH]2)CC1. The number of hydrogen-bond donors (Lipinski definition) is 2. The lowest BCUT2D eigenvalue weighted by molar-refractivity contribution is 0.193. The van der Waals surface area contributed by atoms with E-state index in [4.69, 9.17) is 0 Å². The smallest absolute Gasteiger partial charge is 0.321 e. The Hall–Kier alpha value is -3.29. The van der Waals surface area contributed by atoms with Crippen molar-refractivity contribution in [2.24, 2.45) is 0 Å². The van der Waals surface area contributed by atoms with Gasteiger partial charge in [-0.1, -0.05) is 12.1 Å². The standard InChI is InChI=1S/C21H19F3N4O/c22-15-6-5-14(11-17(15)24)19-12-25-20(26-19)13-7-9-28(10-8-13)21(29)27-18-4-2-1-3-16(18)23/h1-6,11-13H,7-10H2,(H,25,26)(H,27,29). The third-order valence-electron chi connectivity index (χ3n) is 5.11. The molecule has 0 unspecified atom stereocenters. The van der Waals surface area contributed by atoms with Gasteiger partial charge in [-0.25, -0.2) is 22.9 Å². The fourth-order valence-electron chi connectivity index (χ4n) is 3.47. The molecule has 0 radical (unpaired) electrons. The first-order chi connectivity index (χ1) is 14.0. The molecule has 1 fully saturated rings. The third-order valence-corrected chi connectivity index (χ3v) is 5.11. The maximum absolute atomic E-state index is 13.7. The Morgan fingerprint density at radius 2 is 1.79 bits per heavy atom. The molecule has 2 amide bonds. The normalized spacial score (nSPS) is 14.8. The van der Waals surface area contributed by atoms with Crippen molar-refractivity contribution in [2.45, 2.75) is 18.8 Å². The number of urea groups is 1. The summed E-state index contributed by atoms with van der Waals surface area (Å²) in [6.07, 6.45) is 2.98. The lowest BCUT2D eigenvalue weighted by Gasteiger charge is -2.31. The summed E-state index contributed by atoms with van der Waals surface area (Å²) < 4.78 is 40.3. The van der Waals surface area contributed by atoms with Gasteiger partial charge in [0.25, 0.3) is 0 Å². The number of amides is 2. The van der Waals surface area contributed by atoms with E-state index < -0.39 is 17.5 Å². The van der Waals surface area contributed by atoms with E-state index >= 15 is 0 Å². The molecule has 0 spiro atoms. The highest BCUT2D eigenvalue weighted by Gasteiger charge is 2.26. The molecule has 2 N–H and O–H groups in total. The number of nitrogens with zero attached hydrogens (tertiary/aromatic N) is 2. The van der Waals surface area contributed by atoms with Crippen LogP contribution < -0.4 is 5.32 Å². The number of aromatic amines is 1. The summed E-state index contributed by atoms with van der Waals surface area (Å²) in [5, 5.41) is 2.59. The third kappa shape index (κ3) is 4.11. The van der Waals surface area contributed by atoms with E-state index in [1.54, 1.807) is 23.2 Å². The largest absolute Gasteiger partial charge is 0.342 e. The van der Waals surface area contributed by atoms with E-state index in [0.29, 0.717) is 37.2 Å². The van der Waals surface area contributed by atoms with Crippen LogP contribution in [0.4, 0.5) is 23.7 Å². The predicted molar refractivity (Wildman–Crippen MR) is 103 cm³/mol. The van der Waals surface area contributed by atoms with Crippen molar-refractivity contribution in [2.75, 3.05) is 18.4 Å². The predicted octanol–water partition coefficient (Wildman–Crippen LogP) is 4.91. The van der Waals surface area contributed by atoms with Gasteiger partial charge in [0, 0.05) is 24.6 Å². The molecule has 1 saturated heterocycles. The van der Waals surface area contributed by atoms with Crippen LogP contribution in [0.3, 0.4) is 0 Å². The lowest BCUT2D eigenvalue weighted by Crippen LogP contribution is -2.40. The number of H-pyrrole nitrogens is 1. The number of imidazole rings is 1. The van der Waals surface area contributed by atoms with Gasteiger partial charge in [-0.2, -0.15) is 0 Å². The summed E-state index contributed by atoms with van der Waals surface area (Å²) in [6.45, 7) is 1.01. The molecule has 4 rings (SSSR count). The van der Waals surface area contributed by atoms with Crippen LogP contribution in [0.1, 0.15) is 24.6 Å².